The fraction of sp³-hybridized carbons (Fsp3) is 0.214. The Morgan fingerprint density at radius 3 is 2.77 bits per heavy atom. The van der Waals surface area contributed by atoms with Crippen LogP contribution in [0.2, 0.25) is 0 Å². The van der Waals surface area contributed by atoms with Crippen LogP contribution in [0.5, 0.6) is 0 Å². The van der Waals surface area contributed by atoms with Crippen molar-refractivity contribution in [1.82, 2.24) is 0 Å². The van der Waals surface area contributed by atoms with Crippen LogP contribution in [-0.4, -0.2) is 18.5 Å². The van der Waals surface area contributed by atoms with Gasteiger partial charge in [-0.15, -0.1) is 11.3 Å². The zero-order valence-electron chi connectivity index (χ0n) is 11.7. The molecule has 2 aromatic heterocycles. The molecule has 0 saturated heterocycles. The lowest BCUT2D eigenvalue weighted by atomic mass is 10.2. The molecule has 0 fully saturated rings. The Hall–Kier alpha value is -2.11. The third-order valence-corrected chi connectivity index (χ3v) is 4.36. The van der Waals surface area contributed by atoms with E-state index in [1.807, 2.05) is 6.07 Å². The van der Waals surface area contributed by atoms with Crippen LogP contribution in [0, 0.1) is 18.3 Å². The van der Waals surface area contributed by atoms with E-state index in [4.69, 9.17) is 9.15 Å². The molecule has 0 aromatic carbocycles. The van der Waals surface area contributed by atoms with Gasteiger partial charge in [0.1, 0.15) is 15.9 Å². The van der Waals surface area contributed by atoms with Crippen LogP contribution in [0.3, 0.4) is 0 Å². The van der Waals surface area contributed by atoms with Gasteiger partial charge in [0.2, 0.25) is 0 Å². The van der Waals surface area contributed by atoms with E-state index in [9.17, 15) is 14.9 Å². The number of halogens is 1. The van der Waals surface area contributed by atoms with Crippen LogP contribution in [0.4, 0.5) is 5.00 Å². The van der Waals surface area contributed by atoms with E-state index in [0.717, 1.165) is 11.3 Å². The van der Waals surface area contributed by atoms with Gasteiger partial charge in [0.05, 0.1) is 12.2 Å². The van der Waals surface area contributed by atoms with E-state index in [1.165, 1.54) is 6.07 Å². The smallest absolute Gasteiger partial charge is 0.348 e. The molecule has 1 amide bonds. The molecule has 0 radical (unpaired) electrons. The van der Waals surface area contributed by atoms with Gasteiger partial charge >= 0.3 is 5.97 Å². The van der Waals surface area contributed by atoms with Crippen molar-refractivity contribution in [2.75, 3.05) is 11.9 Å². The molecule has 2 aromatic rings. The van der Waals surface area contributed by atoms with Gasteiger partial charge in [-0.1, -0.05) is 0 Å². The van der Waals surface area contributed by atoms with Gasteiger partial charge in [-0.3, -0.25) is 4.79 Å². The number of carbonyl (C=O) groups excluding carboxylic acids is 2. The average Bonchev–Trinajstić information content (AvgIpc) is 3.03. The van der Waals surface area contributed by atoms with Crippen molar-refractivity contribution < 1.29 is 18.7 Å². The first-order chi connectivity index (χ1) is 10.5. The first kappa shape index (κ1) is 16.3. The predicted octanol–water partition coefficient (Wildman–Crippen LogP) is 3.71. The third-order valence-electron chi connectivity index (χ3n) is 2.74. The molecule has 0 saturated carbocycles. The Morgan fingerprint density at radius 1 is 1.50 bits per heavy atom. The number of amides is 1. The predicted molar refractivity (Wildman–Crippen MR) is 84.1 cm³/mol. The van der Waals surface area contributed by atoms with E-state index < -0.39 is 11.9 Å². The fourth-order valence-electron chi connectivity index (χ4n) is 1.73. The first-order valence-corrected chi connectivity index (χ1v) is 7.86. The van der Waals surface area contributed by atoms with Gasteiger partial charge in [0, 0.05) is 0 Å². The number of nitrogens with zero attached hydrogens (tertiary/aromatic N) is 1. The Kier molecular flexibility index (Phi) is 5.00. The van der Waals surface area contributed by atoms with Crippen LogP contribution in [0.1, 0.15) is 38.3 Å². The fourth-order valence-corrected chi connectivity index (χ4v) is 3.08. The molecular formula is C14H11BrN2O4S. The Balaban J connectivity index is 2.31. The summed E-state index contributed by atoms with van der Waals surface area (Å²) in [4.78, 5) is 24.2. The molecule has 0 bridgehead atoms. The molecular weight excluding hydrogens is 372 g/mol. The van der Waals surface area contributed by atoms with Gasteiger partial charge in [-0.05, 0) is 47.5 Å². The number of anilines is 1. The number of esters is 1. The molecule has 0 atom stereocenters. The summed E-state index contributed by atoms with van der Waals surface area (Å²) in [5.41, 5.74) is 0.730. The first-order valence-electron chi connectivity index (χ1n) is 6.25. The number of rotatable bonds is 4. The van der Waals surface area contributed by atoms with Gasteiger partial charge in [-0.25, -0.2) is 4.79 Å². The molecule has 0 aliphatic carbocycles. The van der Waals surface area contributed by atoms with Crippen molar-refractivity contribution in [2.45, 2.75) is 13.8 Å². The number of hydrogen-bond donors (Lipinski definition) is 1. The second kappa shape index (κ2) is 6.77. The summed E-state index contributed by atoms with van der Waals surface area (Å²) >= 11 is 4.11. The largest absolute Gasteiger partial charge is 0.462 e. The molecule has 8 heteroatoms. The minimum absolute atomic E-state index is 0.0968. The minimum Gasteiger partial charge on any atom is -0.462 e. The maximum absolute atomic E-state index is 12.1. The molecule has 6 nitrogen and oxygen atoms in total. The van der Waals surface area contributed by atoms with Gasteiger partial charge < -0.3 is 14.5 Å². The molecule has 0 aliphatic rings. The highest BCUT2D eigenvalue weighted by Crippen LogP contribution is 2.33. The number of thiophene rings is 1. The number of furan rings is 1. The highest BCUT2D eigenvalue weighted by atomic mass is 79.9. The highest BCUT2D eigenvalue weighted by molar-refractivity contribution is 9.10. The topological polar surface area (TPSA) is 92.3 Å². The standard InChI is InChI=1S/C14H11BrN2O4S/c1-3-20-14(19)11-7(2)8(6-16)13(22-11)17-12(18)9-4-5-10(15)21-9/h4-5H,3H2,1-2H3,(H,17,18). The van der Waals surface area contributed by atoms with Gasteiger partial charge in [-0.2, -0.15) is 5.26 Å². The van der Waals surface area contributed by atoms with Crippen molar-refractivity contribution in [3.63, 3.8) is 0 Å². The number of ether oxygens (including phenoxy) is 1. The van der Waals surface area contributed by atoms with Crippen LogP contribution >= 0.6 is 27.3 Å². The van der Waals surface area contributed by atoms with Crippen molar-refractivity contribution >= 4 is 44.1 Å². The van der Waals surface area contributed by atoms with E-state index in [1.54, 1.807) is 19.9 Å². The summed E-state index contributed by atoms with van der Waals surface area (Å²) in [5.74, 6) is -0.916. The number of nitriles is 1. The van der Waals surface area contributed by atoms with E-state index in [-0.39, 0.29) is 17.9 Å². The lowest BCUT2D eigenvalue weighted by Gasteiger charge is -2.00. The Morgan fingerprint density at radius 2 is 2.23 bits per heavy atom. The monoisotopic (exact) mass is 382 g/mol. The summed E-state index contributed by atoms with van der Waals surface area (Å²) < 4.78 is 10.5. The van der Waals surface area contributed by atoms with Crippen LogP contribution < -0.4 is 5.32 Å². The molecule has 0 unspecified atom stereocenters. The lowest BCUT2D eigenvalue weighted by molar-refractivity contribution is 0.0531. The summed E-state index contributed by atoms with van der Waals surface area (Å²) in [6, 6.07) is 5.08. The SMILES string of the molecule is CCOC(=O)c1sc(NC(=O)c2ccc(Br)o2)c(C#N)c1C. The minimum atomic E-state index is -0.511. The van der Waals surface area contributed by atoms with E-state index >= 15 is 0 Å². The summed E-state index contributed by atoms with van der Waals surface area (Å²) in [6.07, 6.45) is 0. The number of carbonyl (C=O) groups is 2. The van der Waals surface area contributed by atoms with Crippen LogP contribution in [-0.2, 0) is 4.74 Å². The van der Waals surface area contributed by atoms with Crippen LogP contribution in [0.15, 0.2) is 21.2 Å². The molecule has 0 aliphatic heterocycles. The number of hydrogen-bond acceptors (Lipinski definition) is 6. The number of nitrogens with one attached hydrogen (secondary N) is 1. The van der Waals surface area contributed by atoms with Crippen molar-refractivity contribution in [2.24, 2.45) is 0 Å². The summed E-state index contributed by atoms with van der Waals surface area (Å²) in [5, 5.41) is 12.1. The quantitative estimate of drug-likeness (QED) is 0.813. The highest BCUT2D eigenvalue weighted by Gasteiger charge is 2.23. The lowest BCUT2D eigenvalue weighted by Crippen LogP contribution is -2.10. The van der Waals surface area contributed by atoms with Crippen molar-refractivity contribution in [1.29, 1.82) is 5.26 Å². The van der Waals surface area contributed by atoms with Gasteiger partial charge in [0.15, 0.2) is 10.4 Å². The second-order valence-corrected chi connectivity index (χ2v) is 5.95. The molecule has 2 rings (SSSR count). The molecule has 0 spiro atoms. The zero-order valence-corrected chi connectivity index (χ0v) is 14.1. The van der Waals surface area contributed by atoms with Crippen molar-refractivity contribution in [3.05, 3.63) is 38.6 Å². The van der Waals surface area contributed by atoms with Crippen molar-refractivity contribution in [3.8, 4) is 6.07 Å². The summed E-state index contributed by atoms with van der Waals surface area (Å²) in [7, 11) is 0. The second-order valence-electron chi connectivity index (χ2n) is 4.15. The van der Waals surface area contributed by atoms with Gasteiger partial charge in [0.25, 0.3) is 5.91 Å². The van der Waals surface area contributed by atoms with E-state index in [2.05, 4.69) is 21.2 Å². The maximum atomic E-state index is 12.1. The summed E-state index contributed by atoms with van der Waals surface area (Å²) in [6.45, 7) is 3.57. The van der Waals surface area contributed by atoms with Crippen LogP contribution in [0.25, 0.3) is 0 Å². The Bertz CT molecular complexity index is 772. The Labute approximate surface area is 138 Å². The van der Waals surface area contributed by atoms with E-state index in [0.29, 0.717) is 20.1 Å². The normalized spacial score (nSPS) is 10.1. The molecule has 22 heavy (non-hydrogen) atoms. The molecule has 2 heterocycles. The molecule has 114 valence electrons. The average molecular weight is 383 g/mol. The maximum Gasteiger partial charge on any atom is 0.348 e. The zero-order chi connectivity index (χ0) is 16.3. The third kappa shape index (κ3) is 3.21. The molecule has 1 N–H and O–H groups in total.